The Hall–Kier alpha value is -3.93. The van der Waals surface area contributed by atoms with Crippen molar-refractivity contribution in [3.8, 4) is 11.6 Å². The molecule has 4 aromatic rings. The number of hydrogen-bond acceptors (Lipinski definition) is 5. The minimum Gasteiger partial charge on any atom is -0.444 e. The van der Waals surface area contributed by atoms with Crippen molar-refractivity contribution in [3.05, 3.63) is 107 Å². The zero-order valence-electron chi connectivity index (χ0n) is 18.4. The van der Waals surface area contributed by atoms with Crippen molar-refractivity contribution >= 4 is 6.09 Å². The van der Waals surface area contributed by atoms with E-state index in [2.05, 4.69) is 35.9 Å². The van der Waals surface area contributed by atoms with E-state index in [0.717, 1.165) is 11.1 Å². The van der Waals surface area contributed by atoms with E-state index in [4.69, 9.17) is 9.47 Å². The number of carbonyl (C=O) groups excluding carboxylic acids is 1. The third kappa shape index (κ3) is 4.70. The Morgan fingerprint density at radius 2 is 1.81 bits per heavy atom. The summed E-state index contributed by atoms with van der Waals surface area (Å²) < 4.78 is 12.7. The van der Waals surface area contributed by atoms with E-state index >= 15 is 0 Å². The molecule has 0 aliphatic carbocycles. The Labute approximate surface area is 187 Å². The summed E-state index contributed by atoms with van der Waals surface area (Å²) >= 11 is 0. The molecule has 0 radical (unpaired) electrons. The number of para-hydroxylation sites is 1. The first-order valence-corrected chi connectivity index (χ1v) is 10.5. The summed E-state index contributed by atoms with van der Waals surface area (Å²) in [5.74, 6) is 1.79. The smallest absolute Gasteiger partial charge is 0.419 e. The average Bonchev–Trinajstić information content (AvgIpc) is 3.31. The van der Waals surface area contributed by atoms with Crippen molar-refractivity contribution in [2.24, 2.45) is 0 Å². The van der Waals surface area contributed by atoms with Gasteiger partial charge in [-0.1, -0.05) is 43.3 Å². The van der Waals surface area contributed by atoms with E-state index in [1.54, 1.807) is 24.7 Å². The molecule has 0 fully saturated rings. The van der Waals surface area contributed by atoms with Crippen LogP contribution in [0.15, 0.2) is 79.3 Å². The fourth-order valence-electron chi connectivity index (χ4n) is 3.55. The highest BCUT2D eigenvalue weighted by Crippen LogP contribution is 2.27. The normalized spacial score (nSPS) is 11.7. The lowest BCUT2D eigenvalue weighted by molar-refractivity contribution is 0.140. The summed E-state index contributed by atoms with van der Waals surface area (Å²) in [6.07, 6.45) is 4.42. The summed E-state index contributed by atoms with van der Waals surface area (Å²) in [7, 11) is 0. The van der Waals surface area contributed by atoms with Crippen LogP contribution in [0.4, 0.5) is 4.79 Å². The van der Waals surface area contributed by atoms with Crippen LogP contribution < -0.4 is 4.74 Å². The Kier molecular flexibility index (Phi) is 6.31. The first-order valence-electron chi connectivity index (χ1n) is 10.5. The number of imidazole rings is 1. The third-order valence-electron chi connectivity index (χ3n) is 5.49. The molecule has 0 saturated carbocycles. The van der Waals surface area contributed by atoms with Gasteiger partial charge in [-0.05, 0) is 48.7 Å². The first kappa shape index (κ1) is 21.3. The van der Waals surface area contributed by atoms with Gasteiger partial charge in [0.1, 0.15) is 18.2 Å². The van der Waals surface area contributed by atoms with E-state index in [1.807, 2.05) is 49.4 Å². The van der Waals surface area contributed by atoms with Gasteiger partial charge in [-0.25, -0.2) is 19.3 Å². The Bertz CT molecular complexity index is 1200. The molecule has 1 atom stereocenters. The Morgan fingerprint density at radius 3 is 2.56 bits per heavy atom. The van der Waals surface area contributed by atoms with E-state index < -0.39 is 6.09 Å². The molecule has 0 spiro atoms. The maximum absolute atomic E-state index is 12.8. The van der Waals surface area contributed by atoms with Crippen molar-refractivity contribution in [2.75, 3.05) is 0 Å². The number of carbonyl (C=O) groups is 1. The largest absolute Gasteiger partial charge is 0.444 e. The number of aryl methyl sites for hydroxylation is 1. The van der Waals surface area contributed by atoms with Crippen LogP contribution in [0, 0.1) is 13.8 Å². The van der Waals surface area contributed by atoms with Crippen molar-refractivity contribution < 1.29 is 14.3 Å². The van der Waals surface area contributed by atoms with Crippen molar-refractivity contribution in [2.45, 2.75) is 33.3 Å². The van der Waals surface area contributed by atoms with Crippen LogP contribution in [0.2, 0.25) is 0 Å². The topological polar surface area (TPSA) is 66.2 Å². The zero-order valence-corrected chi connectivity index (χ0v) is 18.4. The average molecular weight is 428 g/mol. The summed E-state index contributed by atoms with van der Waals surface area (Å²) in [6, 6.07) is 19.2. The lowest BCUT2D eigenvalue weighted by atomic mass is 9.93. The van der Waals surface area contributed by atoms with Crippen LogP contribution in [0.5, 0.6) is 11.6 Å². The standard InChI is InChI=1S/C26H25N3O3/c1-18-8-7-11-23(19(18)2)20(3)25-27-14-15-29(25)26(30)31-17-21-12-13-24(28-16-21)32-22-9-5-4-6-10-22/h4-16,20H,17H2,1-3H3/t20-/m0/s1. The fraction of sp³-hybridized carbons (Fsp3) is 0.192. The number of ether oxygens (including phenoxy) is 2. The molecule has 0 bridgehead atoms. The van der Waals surface area contributed by atoms with Gasteiger partial charge in [0.15, 0.2) is 0 Å². The highest BCUT2D eigenvalue weighted by Gasteiger charge is 2.20. The number of hydrogen-bond donors (Lipinski definition) is 0. The SMILES string of the molecule is Cc1cccc([C@H](C)c2nccn2C(=O)OCc2ccc(Oc3ccccc3)nc2)c1C. The summed E-state index contributed by atoms with van der Waals surface area (Å²) in [5.41, 5.74) is 4.32. The summed E-state index contributed by atoms with van der Waals surface area (Å²) in [5, 5.41) is 0. The number of pyridine rings is 1. The van der Waals surface area contributed by atoms with Crippen LogP contribution in [-0.4, -0.2) is 20.6 Å². The molecular weight excluding hydrogens is 402 g/mol. The fourth-order valence-corrected chi connectivity index (χ4v) is 3.55. The number of nitrogens with zero attached hydrogens (tertiary/aromatic N) is 3. The molecule has 0 aliphatic rings. The Morgan fingerprint density at radius 1 is 1.00 bits per heavy atom. The van der Waals surface area contributed by atoms with E-state index in [-0.39, 0.29) is 12.5 Å². The molecule has 2 aromatic heterocycles. The lowest BCUT2D eigenvalue weighted by Gasteiger charge is -2.17. The van der Waals surface area contributed by atoms with Gasteiger partial charge in [-0.2, -0.15) is 0 Å². The maximum atomic E-state index is 12.8. The quantitative estimate of drug-likeness (QED) is 0.376. The van der Waals surface area contributed by atoms with Gasteiger partial charge >= 0.3 is 6.09 Å². The highest BCUT2D eigenvalue weighted by atomic mass is 16.5. The van der Waals surface area contributed by atoms with Crippen LogP contribution in [-0.2, 0) is 11.3 Å². The molecule has 0 saturated heterocycles. The molecule has 0 unspecified atom stereocenters. The minimum absolute atomic E-state index is 0.0477. The molecular formula is C26H25N3O3. The van der Waals surface area contributed by atoms with Crippen LogP contribution in [0.1, 0.15) is 40.9 Å². The second-order valence-corrected chi connectivity index (χ2v) is 7.64. The molecule has 2 heterocycles. The Balaban J connectivity index is 1.41. The zero-order chi connectivity index (χ0) is 22.5. The van der Waals surface area contributed by atoms with E-state index in [0.29, 0.717) is 17.5 Å². The van der Waals surface area contributed by atoms with Crippen LogP contribution in [0.25, 0.3) is 0 Å². The van der Waals surface area contributed by atoms with Crippen molar-refractivity contribution in [3.63, 3.8) is 0 Å². The second kappa shape index (κ2) is 9.47. The molecule has 0 aliphatic heterocycles. The molecule has 6 heteroatoms. The predicted octanol–water partition coefficient (Wildman–Crippen LogP) is 6.02. The molecule has 0 N–H and O–H groups in total. The third-order valence-corrected chi connectivity index (χ3v) is 5.49. The van der Waals surface area contributed by atoms with Gasteiger partial charge in [-0.15, -0.1) is 0 Å². The number of rotatable bonds is 6. The summed E-state index contributed by atoms with van der Waals surface area (Å²) in [6.45, 7) is 6.32. The molecule has 32 heavy (non-hydrogen) atoms. The van der Waals surface area contributed by atoms with Gasteiger partial charge in [0.25, 0.3) is 0 Å². The maximum Gasteiger partial charge on any atom is 0.419 e. The molecule has 2 aromatic carbocycles. The highest BCUT2D eigenvalue weighted by molar-refractivity contribution is 5.71. The van der Waals surface area contributed by atoms with Gasteiger partial charge in [0, 0.05) is 36.1 Å². The second-order valence-electron chi connectivity index (χ2n) is 7.64. The van der Waals surface area contributed by atoms with Crippen molar-refractivity contribution in [1.29, 1.82) is 0 Å². The lowest BCUT2D eigenvalue weighted by Crippen LogP contribution is -2.18. The van der Waals surface area contributed by atoms with E-state index in [1.165, 1.54) is 15.7 Å². The number of benzene rings is 2. The molecule has 162 valence electrons. The van der Waals surface area contributed by atoms with Crippen LogP contribution in [0.3, 0.4) is 0 Å². The van der Waals surface area contributed by atoms with Crippen LogP contribution >= 0.6 is 0 Å². The monoisotopic (exact) mass is 427 g/mol. The molecule has 4 rings (SSSR count). The van der Waals surface area contributed by atoms with Gasteiger partial charge in [0.05, 0.1) is 0 Å². The van der Waals surface area contributed by atoms with Gasteiger partial charge < -0.3 is 9.47 Å². The first-order chi connectivity index (χ1) is 15.5. The van der Waals surface area contributed by atoms with Crippen molar-refractivity contribution in [1.82, 2.24) is 14.5 Å². The van der Waals surface area contributed by atoms with Gasteiger partial charge in [0.2, 0.25) is 5.88 Å². The molecule has 6 nitrogen and oxygen atoms in total. The number of aromatic nitrogens is 3. The van der Waals surface area contributed by atoms with E-state index in [9.17, 15) is 4.79 Å². The predicted molar refractivity (Wildman–Crippen MR) is 122 cm³/mol. The van der Waals surface area contributed by atoms with Gasteiger partial charge in [-0.3, -0.25) is 0 Å². The minimum atomic E-state index is -0.473. The summed E-state index contributed by atoms with van der Waals surface area (Å²) in [4.78, 5) is 21.5. The molecule has 0 amide bonds.